The zero-order valence-electron chi connectivity index (χ0n) is 7.83. The Morgan fingerprint density at radius 3 is 2.71 bits per heavy atom. The number of hydrogen-bond donors (Lipinski definition) is 1. The standard InChI is InChI=1S/C12H12ClN/c13-12-11(7-4-8-14-12)9-10-5-2-1-3-6-10/h1-7,14H,8-9H2. The lowest BCUT2D eigenvalue weighted by Gasteiger charge is -2.12. The maximum Gasteiger partial charge on any atom is 0.106 e. The van der Waals surface area contributed by atoms with E-state index < -0.39 is 0 Å². The van der Waals surface area contributed by atoms with Crippen LogP contribution in [0.3, 0.4) is 0 Å². The van der Waals surface area contributed by atoms with Gasteiger partial charge in [0.15, 0.2) is 0 Å². The van der Waals surface area contributed by atoms with Crippen molar-refractivity contribution in [1.82, 2.24) is 5.32 Å². The average molecular weight is 206 g/mol. The molecule has 0 aromatic heterocycles. The third kappa shape index (κ3) is 2.18. The third-order valence-corrected chi connectivity index (χ3v) is 2.59. The fourth-order valence-corrected chi connectivity index (χ4v) is 1.70. The van der Waals surface area contributed by atoms with Crippen LogP contribution in [0.2, 0.25) is 0 Å². The highest BCUT2D eigenvalue weighted by molar-refractivity contribution is 6.29. The van der Waals surface area contributed by atoms with Gasteiger partial charge in [-0.15, -0.1) is 0 Å². The first kappa shape index (κ1) is 9.35. The second-order valence-corrected chi connectivity index (χ2v) is 3.66. The molecule has 1 nitrogen and oxygen atoms in total. The Bertz CT molecular complexity index is 365. The first-order valence-corrected chi connectivity index (χ1v) is 5.07. The summed E-state index contributed by atoms with van der Waals surface area (Å²) in [5.41, 5.74) is 2.44. The highest BCUT2D eigenvalue weighted by Gasteiger charge is 2.05. The maximum absolute atomic E-state index is 6.05. The molecule has 0 unspecified atom stereocenters. The monoisotopic (exact) mass is 205 g/mol. The van der Waals surface area contributed by atoms with Crippen LogP contribution in [0.1, 0.15) is 5.56 Å². The summed E-state index contributed by atoms with van der Waals surface area (Å²) in [7, 11) is 0. The van der Waals surface area contributed by atoms with Crippen LogP contribution in [0.5, 0.6) is 0 Å². The Morgan fingerprint density at radius 1 is 1.21 bits per heavy atom. The fraction of sp³-hybridized carbons (Fsp3) is 0.167. The quantitative estimate of drug-likeness (QED) is 0.733. The smallest absolute Gasteiger partial charge is 0.106 e. The molecule has 1 heterocycles. The van der Waals surface area contributed by atoms with Gasteiger partial charge in [0.1, 0.15) is 5.16 Å². The Balaban J connectivity index is 2.15. The number of dihydropyridines is 1. The Kier molecular flexibility index (Phi) is 2.90. The van der Waals surface area contributed by atoms with Crippen molar-refractivity contribution in [1.29, 1.82) is 0 Å². The minimum atomic E-state index is 0.774. The molecule has 14 heavy (non-hydrogen) atoms. The van der Waals surface area contributed by atoms with Crippen molar-refractivity contribution in [2.45, 2.75) is 6.42 Å². The summed E-state index contributed by atoms with van der Waals surface area (Å²) in [6, 6.07) is 10.3. The minimum absolute atomic E-state index is 0.774. The van der Waals surface area contributed by atoms with E-state index in [-0.39, 0.29) is 0 Å². The maximum atomic E-state index is 6.05. The second kappa shape index (κ2) is 4.34. The number of hydrogen-bond acceptors (Lipinski definition) is 1. The van der Waals surface area contributed by atoms with Crippen LogP contribution in [-0.4, -0.2) is 6.54 Å². The van der Waals surface area contributed by atoms with Crippen LogP contribution in [0.25, 0.3) is 0 Å². The van der Waals surface area contributed by atoms with E-state index in [9.17, 15) is 0 Å². The molecule has 0 spiro atoms. The van der Waals surface area contributed by atoms with E-state index in [1.54, 1.807) is 0 Å². The molecule has 1 N–H and O–H groups in total. The van der Waals surface area contributed by atoms with Gasteiger partial charge < -0.3 is 5.32 Å². The van der Waals surface area contributed by atoms with Crippen LogP contribution in [0, 0.1) is 0 Å². The topological polar surface area (TPSA) is 12.0 Å². The molecule has 0 aliphatic carbocycles. The van der Waals surface area contributed by atoms with Crippen molar-refractivity contribution >= 4 is 11.6 Å². The van der Waals surface area contributed by atoms with Crippen LogP contribution in [0.4, 0.5) is 0 Å². The number of rotatable bonds is 2. The van der Waals surface area contributed by atoms with Crippen molar-refractivity contribution < 1.29 is 0 Å². The van der Waals surface area contributed by atoms with Crippen LogP contribution < -0.4 is 5.32 Å². The molecule has 1 aromatic carbocycles. The van der Waals surface area contributed by atoms with Crippen molar-refractivity contribution in [2.75, 3.05) is 6.54 Å². The fourth-order valence-electron chi connectivity index (χ4n) is 1.49. The van der Waals surface area contributed by atoms with Gasteiger partial charge in [0.05, 0.1) is 0 Å². The summed E-state index contributed by atoms with van der Waals surface area (Å²) < 4.78 is 0. The Hall–Kier alpha value is -1.21. The zero-order chi connectivity index (χ0) is 9.80. The first-order valence-electron chi connectivity index (χ1n) is 4.69. The molecular weight excluding hydrogens is 194 g/mol. The molecule has 0 saturated heterocycles. The number of halogens is 1. The molecule has 0 amide bonds. The molecule has 72 valence electrons. The van der Waals surface area contributed by atoms with Crippen LogP contribution in [-0.2, 0) is 6.42 Å². The summed E-state index contributed by atoms with van der Waals surface area (Å²) in [5.74, 6) is 0. The zero-order valence-corrected chi connectivity index (χ0v) is 8.59. The number of nitrogens with one attached hydrogen (secondary N) is 1. The van der Waals surface area contributed by atoms with E-state index in [1.807, 2.05) is 18.2 Å². The number of allylic oxidation sites excluding steroid dienone is 2. The highest BCUT2D eigenvalue weighted by Crippen LogP contribution is 2.16. The molecule has 1 aliphatic heterocycles. The summed E-state index contributed by atoms with van der Waals surface area (Å²) in [6.45, 7) is 0.830. The molecule has 0 radical (unpaired) electrons. The van der Waals surface area contributed by atoms with Crippen molar-refractivity contribution in [2.24, 2.45) is 0 Å². The van der Waals surface area contributed by atoms with Gasteiger partial charge in [-0.2, -0.15) is 0 Å². The van der Waals surface area contributed by atoms with E-state index in [4.69, 9.17) is 11.6 Å². The lowest BCUT2D eigenvalue weighted by atomic mass is 10.0. The van der Waals surface area contributed by atoms with E-state index in [0.29, 0.717) is 0 Å². The van der Waals surface area contributed by atoms with Crippen LogP contribution in [0.15, 0.2) is 53.2 Å². The SMILES string of the molecule is ClC1=C(Cc2ccccc2)C=CCN1. The van der Waals surface area contributed by atoms with Gasteiger partial charge in [0.2, 0.25) is 0 Å². The minimum Gasteiger partial charge on any atom is -0.372 e. The average Bonchev–Trinajstić information content (AvgIpc) is 2.23. The van der Waals surface area contributed by atoms with Gasteiger partial charge in [0, 0.05) is 13.0 Å². The van der Waals surface area contributed by atoms with Gasteiger partial charge in [-0.05, 0) is 11.1 Å². The molecule has 0 atom stereocenters. The predicted octanol–water partition coefficient (Wildman–Crippen LogP) is 2.84. The summed E-state index contributed by atoms with van der Waals surface area (Å²) in [6.07, 6.45) is 5.07. The van der Waals surface area contributed by atoms with Crippen molar-refractivity contribution in [3.63, 3.8) is 0 Å². The molecule has 0 bridgehead atoms. The van der Waals surface area contributed by atoms with E-state index in [0.717, 1.165) is 23.7 Å². The van der Waals surface area contributed by atoms with Crippen molar-refractivity contribution in [3.8, 4) is 0 Å². The van der Waals surface area contributed by atoms with Crippen molar-refractivity contribution in [3.05, 3.63) is 58.8 Å². The van der Waals surface area contributed by atoms with Gasteiger partial charge >= 0.3 is 0 Å². The summed E-state index contributed by atoms with van der Waals surface area (Å²) >= 11 is 6.05. The molecule has 0 fully saturated rings. The van der Waals surface area contributed by atoms with E-state index >= 15 is 0 Å². The van der Waals surface area contributed by atoms with E-state index in [1.165, 1.54) is 5.56 Å². The molecule has 2 rings (SSSR count). The Labute approximate surface area is 89.1 Å². The normalized spacial score (nSPS) is 15.5. The van der Waals surface area contributed by atoms with Gasteiger partial charge in [-0.1, -0.05) is 54.1 Å². The number of benzene rings is 1. The van der Waals surface area contributed by atoms with E-state index in [2.05, 4.69) is 29.6 Å². The molecule has 1 aliphatic rings. The van der Waals surface area contributed by atoms with Gasteiger partial charge in [-0.25, -0.2) is 0 Å². The molecular formula is C12H12ClN. The lowest BCUT2D eigenvalue weighted by molar-refractivity contribution is 0.916. The predicted molar refractivity (Wildman–Crippen MR) is 60.2 cm³/mol. The summed E-state index contributed by atoms with van der Waals surface area (Å²) in [5, 5.41) is 3.88. The van der Waals surface area contributed by atoms with Gasteiger partial charge in [-0.3, -0.25) is 0 Å². The molecule has 1 aromatic rings. The highest BCUT2D eigenvalue weighted by atomic mass is 35.5. The van der Waals surface area contributed by atoms with Gasteiger partial charge in [0.25, 0.3) is 0 Å². The second-order valence-electron chi connectivity index (χ2n) is 3.28. The first-order chi connectivity index (χ1) is 6.86. The third-order valence-electron chi connectivity index (χ3n) is 2.21. The summed E-state index contributed by atoms with van der Waals surface area (Å²) in [4.78, 5) is 0. The Morgan fingerprint density at radius 2 is 2.00 bits per heavy atom. The molecule has 2 heteroatoms. The lowest BCUT2D eigenvalue weighted by Crippen LogP contribution is -2.15. The van der Waals surface area contributed by atoms with Crippen LogP contribution >= 0.6 is 11.6 Å². The largest absolute Gasteiger partial charge is 0.372 e. The molecule has 0 saturated carbocycles.